The molecule has 13 heteroatoms. The van der Waals surface area contributed by atoms with Gasteiger partial charge in [-0.15, -0.1) is 0 Å². The number of likely N-dealkylation sites (tertiary alicyclic amines) is 1. The number of H-pyrrole nitrogens is 1. The number of nitrogens with zero attached hydrogens (tertiary/aromatic N) is 4. The van der Waals surface area contributed by atoms with Gasteiger partial charge in [-0.05, 0) is 87.1 Å². The average Bonchev–Trinajstić information content (AvgIpc) is 3.87. The minimum absolute atomic E-state index is 0.105. The Hall–Kier alpha value is -5.85. The lowest BCUT2D eigenvalue weighted by molar-refractivity contribution is -0.135. The van der Waals surface area contributed by atoms with Gasteiger partial charge in [-0.2, -0.15) is 0 Å². The van der Waals surface area contributed by atoms with E-state index in [1.807, 2.05) is 114 Å². The van der Waals surface area contributed by atoms with Crippen LogP contribution in [0.15, 0.2) is 79.0 Å². The number of carbonyl (C=O) groups is 4. The molecule has 0 aliphatic carbocycles. The van der Waals surface area contributed by atoms with Gasteiger partial charge in [-0.1, -0.05) is 50.2 Å². The second kappa shape index (κ2) is 16.7. The zero-order valence-electron chi connectivity index (χ0n) is 32.4. The van der Waals surface area contributed by atoms with Crippen molar-refractivity contribution >= 4 is 35.4 Å². The fraction of sp³-hybridized carbons (Fsp3) is 0.405. The first-order valence-corrected chi connectivity index (χ1v) is 18.8. The third-order valence-electron chi connectivity index (χ3n) is 9.92. The molecular weight excluding hydrogens is 699 g/mol. The van der Waals surface area contributed by atoms with Gasteiger partial charge in [-0.25, -0.2) is 14.6 Å². The molecule has 55 heavy (non-hydrogen) atoms. The van der Waals surface area contributed by atoms with E-state index < -0.39 is 17.7 Å². The maximum absolute atomic E-state index is 13.5. The van der Waals surface area contributed by atoms with Gasteiger partial charge in [0, 0.05) is 61.4 Å². The molecule has 2 aliphatic heterocycles. The number of hydrogen-bond donors (Lipinski definition) is 3. The first kappa shape index (κ1) is 38.9. The van der Waals surface area contributed by atoms with Crippen molar-refractivity contribution in [3.8, 4) is 22.4 Å². The van der Waals surface area contributed by atoms with E-state index in [2.05, 4.69) is 20.5 Å². The van der Waals surface area contributed by atoms with Gasteiger partial charge in [0.15, 0.2) is 0 Å². The van der Waals surface area contributed by atoms with Crippen LogP contribution in [0.3, 0.4) is 0 Å². The summed E-state index contributed by atoms with van der Waals surface area (Å²) in [6.07, 6.45) is 2.57. The molecule has 3 aromatic carbocycles. The highest BCUT2D eigenvalue weighted by Gasteiger charge is 2.37. The molecule has 2 saturated heterocycles. The van der Waals surface area contributed by atoms with Crippen molar-refractivity contribution < 1.29 is 28.7 Å². The fourth-order valence-corrected chi connectivity index (χ4v) is 6.93. The Labute approximate surface area is 322 Å². The molecule has 2 aliphatic rings. The van der Waals surface area contributed by atoms with Crippen LogP contribution in [0, 0.1) is 5.92 Å². The quantitative estimate of drug-likeness (QED) is 0.164. The summed E-state index contributed by atoms with van der Waals surface area (Å²) in [7, 11) is 1.29. The number of nitrogens with one attached hydrogen (secondary N) is 3. The summed E-state index contributed by atoms with van der Waals surface area (Å²) in [5.74, 6) is 0.273. The maximum atomic E-state index is 13.5. The number of rotatable bonds is 9. The molecule has 2 atom stereocenters. The molecule has 3 N–H and O–H groups in total. The van der Waals surface area contributed by atoms with Crippen LogP contribution in [-0.2, 0) is 14.3 Å². The van der Waals surface area contributed by atoms with E-state index in [9.17, 15) is 19.2 Å². The highest BCUT2D eigenvalue weighted by molar-refractivity contribution is 6.04. The minimum Gasteiger partial charge on any atom is -0.453 e. The van der Waals surface area contributed by atoms with Crippen molar-refractivity contribution in [1.82, 2.24) is 25.1 Å². The predicted molar refractivity (Wildman–Crippen MR) is 212 cm³/mol. The molecule has 4 aromatic rings. The number of alkyl carbamates (subject to hydrolysis) is 1. The Morgan fingerprint density at radius 1 is 0.836 bits per heavy atom. The van der Waals surface area contributed by atoms with Crippen LogP contribution < -0.4 is 15.5 Å². The molecule has 2 fully saturated rings. The lowest BCUT2D eigenvalue weighted by Crippen LogP contribution is -2.51. The summed E-state index contributed by atoms with van der Waals surface area (Å²) >= 11 is 0. The zero-order chi connectivity index (χ0) is 39.3. The summed E-state index contributed by atoms with van der Waals surface area (Å²) in [6.45, 7) is 12.5. The summed E-state index contributed by atoms with van der Waals surface area (Å²) in [5, 5.41) is 5.68. The molecule has 0 spiro atoms. The van der Waals surface area contributed by atoms with E-state index in [0.29, 0.717) is 49.8 Å². The Morgan fingerprint density at radius 2 is 1.45 bits per heavy atom. The van der Waals surface area contributed by atoms with Crippen LogP contribution >= 0.6 is 0 Å². The lowest BCUT2D eigenvalue weighted by Gasteiger charge is -2.36. The lowest BCUT2D eigenvalue weighted by atomic mass is 10.0. The Bertz CT molecular complexity index is 1960. The number of piperazine rings is 1. The van der Waals surface area contributed by atoms with Crippen LogP contribution in [-0.4, -0.2) is 95.2 Å². The smallest absolute Gasteiger partial charge is 0.410 e. The molecule has 290 valence electrons. The molecule has 6 rings (SSSR count). The van der Waals surface area contributed by atoms with E-state index >= 15 is 0 Å². The Balaban J connectivity index is 1.02. The zero-order valence-corrected chi connectivity index (χ0v) is 32.4. The monoisotopic (exact) mass is 749 g/mol. The van der Waals surface area contributed by atoms with Crippen molar-refractivity contribution in [1.29, 1.82) is 0 Å². The summed E-state index contributed by atoms with van der Waals surface area (Å²) in [5.41, 5.74) is 5.47. The number of ether oxygens (including phenoxy) is 2. The molecule has 4 amide bonds. The molecular formula is C42H51N7O6. The van der Waals surface area contributed by atoms with Crippen LogP contribution in [0.25, 0.3) is 22.4 Å². The molecule has 0 saturated carbocycles. The van der Waals surface area contributed by atoms with Crippen molar-refractivity contribution in [3.05, 3.63) is 90.4 Å². The van der Waals surface area contributed by atoms with E-state index in [0.717, 1.165) is 40.9 Å². The molecule has 0 bridgehead atoms. The average molecular weight is 750 g/mol. The van der Waals surface area contributed by atoms with Crippen molar-refractivity contribution in [3.63, 3.8) is 0 Å². The third-order valence-corrected chi connectivity index (χ3v) is 9.92. The van der Waals surface area contributed by atoms with Crippen LogP contribution in [0.1, 0.15) is 69.7 Å². The summed E-state index contributed by atoms with van der Waals surface area (Å²) < 4.78 is 10.2. The molecule has 0 radical (unpaired) electrons. The summed E-state index contributed by atoms with van der Waals surface area (Å²) in [4.78, 5) is 64.8. The van der Waals surface area contributed by atoms with Crippen molar-refractivity contribution in [2.45, 2.75) is 65.1 Å². The number of hydrogen-bond acceptors (Lipinski definition) is 8. The van der Waals surface area contributed by atoms with E-state index in [1.165, 1.54) is 7.11 Å². The number of amides is 4. The first-order chi connectivity index (χ1) is 26.3. The molecule has 1 aromatic heterocycles. The van der Waals surface area contributed by atoms with Crippen molar-refractivity contribution in [2.24, 2.45) is 5.92 Å². The number of benzene rings is 3. The van der Waals surface area contributed by atoms with Gasteiger partial charge in [-0.3, -0.25) is 9.59 Å². The Kier molecular flexibility index (Phi) is 11.8. The van der Waals surface area contributed by atoms with Gasteiger partial charge in [0.05, 0.1) is 18.8 Å². The largest absolute Gasteiger partial charge is 0.453 e. The highest BCUT2D eigenvalue weighted by Crippen LogP contribution is 2.33. The summed E-state index contributed by atoms with van der Waals surface area (Å²) in [6, 6.07) is 22.4. The van der Waals surface area contributed by atoms with Gasteiger partial charge >= 0.3 is 12.2 Å². The molecule has 2 unspecified atom stereocenters. The van der Waals surface area contributed by atoms with Crippen LogP contribution in [0.2, 0.25) is 0 Å². The van der Waals surface area contributed by atoms with Crippen LogP contribution in [0.5, 0.6) is 0 Å². The standard InChI is InChI=1S/C42H51N7O6/c1-27(2)36(46-40(52)54-6)39(51)49-21-7-8-35(49)37-43-26-34(45-37)30-11-9-28(10-12-30)29-13-17-32(18-14-29)44-38(50)31-15-19-33(20-16-31)47-22-24-48(25-23-47)41(53)55-42(3,4)5/h9-20,26-27,35-36H,7-8,21-25H2,1-6H3,(H,43,45)(H,44,50)(H,46,52). The second-order valence-corrected chi connectivity index (χ2v) is 15.3. The Morgan fingerprint density at radius 3 is 2.05 bits per heavy atom. The number of carbonyl (C=O) groups excluding carboxylic acids is 4. The van der Waals surface area contributed by atoms with E-state index in [-0.39, 0.29) is 29.9 Å². The normalized spacial score (nSPS) is 16.5. The maximum Gasteiger partial charge on any atom is 0.410 e. The molecule has 13 nitrogen and oxygen atoms in total. The number of anilines is 2. The fourth-order valence-electron chi connectivity index (χ4n) is 6.93. The van der Waals surface area contributed by atoms with Gasteiger partial charge < -0.3 is 39.8 Å². The first-order valence-electron chi connectivity index (χ1n) is 18.8. The van der Waals surface area contributed by atoms with Crippen molar-refractivity contribution in [2.75, 3.05) is 50.1 Å². The topological polar surface area (TPSA) is 149 Å². The highest BCUT2D eigenvalue weighted by atomic mass is 16.6. The van der Waals surface area contributed by atoms with E-state index in [4.69, 9.17) is 14.5 Å². The minimum atomic E-state index is -0.688. The SMILES string of the molecule is COC(=O)NC(C(=O)N1CCCC1c1nc(-c2ccc(-c3ccc(NC(=O)c4ccc(N5CCN(C(=O)OC(C)(C)C)CC5)cc4)cc3)cc2)c[nH]1)C(C)C. The van der Waals surface area contributed by atoms with Gasteiger partial charge in [0.25, 0.3) is 5.91 Å². The molecule has 3 heterocycles. The number of methoxy groups -OCH3 is 1. The number of imidazole rings is 1. The predicted octanol–water partition coefficient (Wildman–Crippen LogP) is 7.10. The van der Waals surface area contributed by atoms with Crippen LogP contribution in [0.4, 0.5) is 21.0 Å². The number of aromatic nitrogens is 2. The third kappa shape index (κ3) is 9.45. The van der Waals surface area contributed by atoms with Gasteiger partial charge in [0.2, 0.25) is 5.91 Å². The van der Waals surface area contributed by atoms with E-state index in [1.54, 1.807) is 9.80 Å². The number of aromatic amines is 1. The second-order valence-electron chi connectivity index (χ2n) is 15.3. The van der Waals surface area contributed by atoms with Gasteiger partial charge in [0.1, 0.15) is 17.5 Å².